The Morgan fingerprint density at radius 2 is 1.75 bits per heavy atom. The normalized spacial score (nSPS) is 15.8. The molecule has 1 aliphatic carbocycles. The van der Waals surface area contributed by atoms with Gasteiger partial charge in [0.05, 0.1) is 16.8 Å². The Bertz CT molecular complexity index is 720. The zero-order valence-corrected chi connectivity index (χ0v) is 10.7. The van der Waals surface area contributed by atoms with E-state index in [-0.39, 0.29) is 17.2 Å². The van der Waals surface area contributed by atoms with E-state index in [1.807, 2.05) is 24.3 Å². The summed E-state index contributed by atoms with van der Waals surface area (Å²) in [6.45, 7) is 0. The highest BCUT2D eigenvalue weighted by Crippen LogP contribution is 2.34. The van der Waals surface area contributed by atoms with E-state index in [9.17, 15) is 14.7 Å². The summed E-state index contributed by atoms with van der Waals surface area (Å²) in [5.74, 6) is -1.40. The van der Waals surface area contributed by atoms with Gasteiger partial charge in [-0.1, -0.05) is 24.3 Å². The SMILES string of the molecule is NC1(C(=O)Nc2cc3ccccc3cc2C(=O)O)CC1. The summed E-state index contributed by atoms with van der Waals surface area (Å²) >= 11 is 0. The summed E-state index contributed by atoms with van der Waals surface area (Å²) in [7, 11) is 0. The molecule has 0 aliphatic heterocycles. The number of carbonyl (C=O) groups is 2. The van der Waals surface area contributed by atoms with E-state index in [2.05, 4.69) is 5.32 Å². The van der Waals surface area contributed by atoms with Gasteiger partial charge in [-0.15, -0.1) is 0 Å². The smallest absolute Gasteiger partial charge is 0.337 e. The maximum absolute atomic E-state index is 12.0. The minimum Gasteiger partial charge on any atom is -0.478 e. The quantitative estimate of drug-likeness (QED) is 0.795. The Balaban J connectivity index is 2.05. The molecule has 0 bridgehead atoms. The van der Waals surface area contributed by atoms with Gasteiger partial charge in [-0.3, -0.25) is 4.79 Å². The number of benzene rings is 2. The molecular formula is C15H14N2O3. The maximum Gasteiger partial charge on any atom is 0.337 e. The highest BCUT2D eigenvalue weighted by molar-refractivity contribution is 6.07. The Morgan fingerprint density at radius 3 is 2.30 bits per heavy atom. The van der Waals surface area contributed by atoms with E-state index in [0.717, 1.165) is 10.8 Å². The predicted octanol–water partition coefficient (Wildman–Crippen LogP) is 1.97. The predicted molar refractivity (Wildman–Crippen MR) is 75.7 cm³/mol. The third kappa shape index (κ3) is 2.12. The molecule has 5 heteroatoms. The zero-order valence-electron chi connectivity index (χ0n) is 10.7. The van der Waals surface area contributed by atoms with Crippen molar-refractivity contribution in [1.29, 1.82) is 0 Å². The number of aromatic carboxylic acids is 1. The highest BCUT2D eigenvalue weighted by Gasteiger charge is 2.46. The fourth-order valence-corrected chi connectivity index (χ4v) is 2.13. The number of amides is 1. The van der Waals surface area contributed by atoms with Crippen LogP contribution in [0.2, 0.25) is 0 Å². The van der Waals surface area contributed by atoms with Crippen LogP contribution in [-0.2, 0) is 4.79 Å². The number of hydrogen-bond acceptors (Lipinski definition) is 3. The molecule has 0 radical (unpaired) electrons. The van der Waals surface area contributed by atoms with Crippen molar-refractivity contribution in [2.45, 2.75) is 18.4 Å². The molecule has 0 spiro atoms. The monoisotopic (exact) mass is 270 g/mol. The van der Waals surface area contributed by atoms with Gasteiger partial charge in [0.2, 0.25) is 5.91 Å². The Labute approximate surface area is 115 Å². The molecule has 20 heavy (non-hydrogen) atoms. The molecule has 102 valence electrons. The minimum absolute atomic E-state index is 0.0706. The fraction of sp³-hybridized carbons (Fsp3) is 0.200. The molecule has 5 nitrogen and oxygen atoms in total. The van der Waals surface area contributed by atoms with Crippen LogP contribution in [0.3, 0.4) is 0 Å². The van der Waals surface area contributed by atoms with Gasteiger partial charge in [-0.25, -0.2) is 4.79 Å². The van der Waals surface area contributed by atoms with Crippen LogP contribution in [0.4, 0.5) is 5.69 Å². The van der Waals surface area contributed by atoms with Crippen LogP contribution >= 0.6 is 0 Å². The lowest BCUT2D eigenvalue weighted by Gasteiger charge is -2.13. The molecule has 0 aromatic heterocycles. The van der Waals surface area contributed by atoms with E-state index in [4.69, 9.17) is 5.73 Å². The summed E-state index contributed by atoms with van der Waals surface area (Å²) in [6, 6.07) is 10.6. The summed E-state index contributed by atoms with van der Waals surface area (Å²) in [6.07, 6.45) is 1.27. The minimum atomic E-state index is -1.08. The lowest BCUT2D eigenvalue weighted by atomic mass is 10.0. The number of anilines is 1. The number of carboxylic acid groups (broad SMARTS) is 1. The summed E-state index contributed by atoms with van der Waals surface area (Å²) in [5, 5.41) is 13.6. The Morgan fingerprint density at radius 1 is 1.15 bits per heavy atom. The molecule has 0 atom stereocenters. The highest BCUT2D eigenvalue weighted by atomic mass is 16.4. The van der Waals surface area contributed by atoms with Crippen LogP contribution in [0, 0.1) is 0 Å². The first kappa shape index (κ1) is 12.6. The Hall–Kier alpha value is -2.40. The molecule has 0 unspecified atom stereocenters. The summed E-state index contributed by atoms with van der Waals surface area (Å²) < 4.78 is 0. The van der Waals surface area contributed by atoms with Crippen molar-refractivity contribution < 1.29 is 14.7 Å². The molecule has 0 saturated heterocycles. The van der Waals surface area contributed by atoms with Gasteiger partial charge in [0, 0.05) is 0 Å². The van der Waals surface area contributed by atoms with Crippen LogP contribution < -0.4 is 11.1 Å². The molecule has 2 aromatic carbocycles. The van der Waals surface area contributed by atoms with Gasteiger partial charge >= 0.3 is 5.97 Å². The molecular weight excluding hydrogens is 256 g/mol. The lowest BCUT2D eigenvalue weighted by Crippen LogP contribution is -2.38. The van der Waals surface area contributed by atoms with Gasteiger partial charge in [0.1, 0.15) is 0 Å². The second-order valence-electron chi connectivity index (χ2n) is 5.16. The van der Waals surface area contributed by atoms with Crippen LogP contribution in [0.1, 0.15) is 23.2 Å². The maximum atomic E-state index is 12.0. The van der Waals surface area contributed by atoms with Gasteiger partial charge in [-0.2, -0.15) is 0 Å². The first-order valence-electron chi connectivity index (χ1n) is 6.36. The number of carbonyl (C=O) groups excluding carboxylic acids is 1. The third-order valence-electron chi connectivity index (χ3n) is 3.61. The number of nitrogens with two attached hydrogens (primary N) is 1. The molecule has 1 amide bonds. The number of hydrogen-bond donors (Lipinski definition) is 3. The average Bonchev–Trinajstić information content (AvgIpc) is 3.17. The molecule has 2 aromatic rings. The van der Waals surface area contributed by atoms with Crippen LogP contribution in [0.25, 0.3) is 10.8 Å². The molecule has 0 heterocycles. The molecule has 1 fully saturated rings. The number of fused-ring (bicyclic) bond motifs is 1. The van der Waals surface area contributed by atoms with E-state index in [1.165, 1.54) is 0 Å². The topological polar surface area (TPSA) is 92.4 Å². The summed E-state index contributed by atoms with van der Waals surface area (Å²) in [5.41, 5.74) is 5.35. The molecule has 1 aliphatic rings. The van der Waals surface area contributed by atoms with Crippen LogP contribution in [-0.4, -0.2) is 22.5 Å². The zero-order chi connectivity index (χ0) is 14.3. The molecule has 1 saturated carbocycles. The van der Waals surface area contributed by atoms with Crippen molar-refractivity contribution in [2.24, 2.45) is 5.73 Å². The molecule has 3 rings (SSSR count). The van der Waals surface area contributed by atoms with E-state index in [0.29, 0.717) is 12.8 Å². The lowest BCUT2D eigenvalue weighted by molar-refractivity contribution is -0.118. The van der Waals surface area contributed by atoms with Crippen LogP contribution in [0.5, 0.6) is 0 Å². The second kappa shape index (κ2) is 4.31. The van der Waals surface area contributed by atoms with Crippen molar-refractivity contribution in [1.82, 2.24) is 0 Å². The number of rotatable bonds is 3. The first-order valence-corrected chi connectivity index (χ1v) is 6.36. The van der Waals surface area contributed by atoms with Crippen molar-refractivity contribution in [3.8, 4) is 0 Å². The van der Waals surface area contributed by atoms with Crippen LogP contribution in [0.15, 0.2) is 36.4 Å². The Kier molecular flexibility index (Phi) is 2.72. The molecule has 4 N–H and O–H groups in total. The largest absolute Gasteiger partial charge is 0.478 e. The van der Waals surface area contributed by atoms with E-state index in [1.54, 1.807) is 12.1 Å². The number of nitrogens with one attached hydrogen (secondary N) is 1. The van der Waals surface area contributed by atoms with E-state index < -0.39 is 11.5 Å². The third-order valence-corrected chi connectivity index (χ3v) is 3.61. The van der Waals surface area contributed by atoms with Gasteiger partial charge in [-0.05, 0) is 35.7 Å². The van der Waals surface area contributed by atoms with Gasteiger partial charge in [0.15, 0.2) is 0 Å². The van der Waals surface area contributed by atoms with Gasteiger partial charge in [0.25, 0.3) is 0 Å². The average molecular weight is 270 g/mol. The van der Waals surface area contributed by atoms with E-state index >= 15 is 0 Å². The summed E-state index contributed by atoms with van der Waals surface area (Å²) in [4.78, 5) is 23.3. The van der Waals surface area contributed by atoms with Crippen molar-refractivity contribution in [2.75, 3.05) is 5.32 Å². The van der Waals surface area contributed by atoms with Gasteiger partial charge < -0.3 is 16.2 Å². The van der Waals surface area contributed by atoms with Crippen molar-refractivity contribution in [3.05, 3.63) is 42.0 Å². The standard InChI is InChI=1S/C15H14N2O3/c16-15(5-6-15)14(20)17-12-8-10-4-2-1-3-9(10)7-11(12)13(18)19/h1-4,7-8H,5-6,16H2,(H,17,20)(H,18,19). The number of carboxylic acids is 1. The fourth-order valence-electron chi connectivity index (χ4n) is 2.13. The first-order chi connectivity index (χ1) is 9.49. The van der Waals surface area contributed by atoms with Crippen molar-refractivity contribution >= 4 is 28.3 Å². The second-order valence-corrected chi connectivity index (χ2v) is 5.16. The van der Waals surface area contributed by atoms with Crippen molar-refractivity contribution in [3.63, 3.8) is 0 Å².